The first kappa shape index (κ1) is 19.8. The van der Waals surface area contributed by atoms with Crippen molar-refractivity contribution < 1.29 is 27.8 Å². The van der Waals surface area contributed by atoms with E-state index < -0.39 is 47.9 Å². The standard InChI is InChI=1S/C14H25F2NO4/c1-12(2,3)20-9(18)7-8-14(15,16)10(17)11(19)21-13(4,5)6/h10H,7-8,17H2,1-6H3. The Morgan fingerprint density at radius 1 is 1.00 bits per heavy atom. The summed E-state index contributed by atoms with van der Waals surface area (Å²) in [6.45, 7) is 9.56. The Kier molecular flexibility index (Phi) is 6.29. The van der Waals surface area contributed by atoms with Gasteiger partial charge in [0.1, 0.15) is 11.2 Å². The number of esters is 2. The van der Waals surface area contributed by atoms with E-state index in [0.29, 0.717) is 0 Å². The number of halogens is 2. The van der Waals surface area contributed by atoms with E-state index in [9.17, 15) is 18.4 Å². The smallest absolute Gasteiger partial charge is 0.329 e. The summed E-state index contributed by atoms with van der Waals surface area (Å²) in [4.78, 5) is 22.9. The number of rotatable bonds is 5. The van der Waals surface area contributed by atoms with Crippen LogP contribution in [0, 0.1) is 0 Å². The molecule has 5 nitrogen and oxygen atoms in total. The quantitative estimate of drug-likeness (QED) is 0.789. The van der Waals surface area contributed by atoms with E-state index >= 15 is 0 Å². The van der Waals surface area contributed by atoms with Crippen molar-refractivity contribution in [3.8, 4) is 0 Å². The third kappa shape index (κ3) is 8.60. The summed E-state index contributed by atoms with van der Waals surface area (Å²) in [6, 6.07) is -2.11. The first-order valence-corrected chi connectivity index (χ1v) is 6.72. The van der Waals surface area contributed by atoms with Crippen LogP contribution in [0.1, 0.15) is 54.4 Å². The molecule has 1 unspecified atom stereocenters. The molecular weight excluding hydrogens is 284 g/mol. The van der Waals surface area contributed by atoms with Gasteiger partial charge >= 0.3 is 11.9 Å². The molecule has 0 spiro atoms. The van der Waals surface area contributed by atoms with Crippen molar-refractivity contribution in [1.82, 2.24) is 0 Å². The second kappa shape index (κ2) is 6.68. The third-order valence-corrected chi connectivity index (χ3v) is 2.20. The molecular formula is C14H25F2NO4. The molecule has 0 amide bonds. The summed E-state index contributed by atoms with van der Waals surface area (Å²) in [5.41, 5.74) is 3.58. The van der Waals surface area contributed by atoms with Crippen LogP contribution in [-0.4, -0.2) is 35.1 Å². The van der Waals surface area contributed by atoms with E-state index in [1.165, 1.54) is 0 Å². The van der Waals surface area contributed by atoms with Gasteiger partial charge in [-0.1, -0.05) is 0 Å². The number of hydrogen-bond acceptors (Lipinski definition) is 5. The largest absolute Gasteiger partial charge is 0.460 e. The highest BCUT2D eigenvalue weighted by Crippen LogP contribution is 2.26. The van der Waals surface area contributed by atoms with Gasteiger partial charge in [-0.2, -0.15) is 0 Å². The Hall–Kier alpha value is -1.24. The van der Waals surface area contributed by atoms with Crippen LogP contribution in [-0.2, 0) is 19.1 Å². The van der Waals surface area contributed by atoms with E-state index in [1.807, 2.05) is 0 Å². The zero-order valence-corrected chi connectivity index (χ0v) is 13.5. The summed E-state index contributed by atoms with van der Waals surface area (Å²) in [5, 5.41) is 0. The van der Waals surface area contributed by atoms with Crippen LogP contribution >= 0.6 is 0 Å². The van der Waals surface area contributed by atoms with Gasteiger partial charge in [-0.25, -0.2) is 8.78 Å². The summed E-state index contributed by atoms with van der Waals surface area (Å²) in [5.74, 6) is -5.51. The Morgan fingerprint density at radius 3 is 1.81 bits per heavy atom. The predicted molar refractivity (Wildman–Crippen MR) is 73.8 cm³/mol. The molecule has 0 fully saturated rings. The maximum Gasteiger partial charge on any atom is 0.329 e. The number of alkyl halides is 2. The van der Waals surface area contributed by atoms with Crippen molar-refractivity contribution in [3.05, 3.63) is 0 Å². The van der Waals surface area contributed by atoms with Gasteiger partial charge in [-0.15, -0.1) is 0 Å². The predicted octanol–water partition coefficient (Wildman–Crippen LogP) is 2.41. The van der Waals surface area contributed by atoms with Crippen LogP contribution in [0.5, 0.6) is 0 Å². The topological polar surface area (TPSA) is 78.6 Å². The van der Waals surface area contributed by atoms with E-state index in [1.54, 1.807) is 41.5 Å². The molecule has 1 atom stereocenters. The molecule has 0 aromatic rings. The molecule has 0 aromatic carbocycles. The average Bonchev–Trinajstić information content (AvgIpc) is 2.20. The first-order chi connectivity index (χ1) is 9.14. The van der Waals surface area contributed by atoms with Gasteiger partial charge < -0.3 is 15.2 Å². The zero-order valence-electron chi connectivity index (χ0n) is 13.5. The number of hydrogen-bond donors (Lipinski definition) is 1. The van der Waals surface area contributed by atoms with Gasteiger partial charge in [0.2, 0.25) is 0 Å². The molecule has 0 heterocycles. The van der Waals surface area contributed by atoms with E-state index in [-0.39, 0.29) is 0 Å². The van der Waals surface area contributed by atoms with Gasteiger partial charge in [0, 0.05) is 6.42 Å². The van der Waals surface area contributed by atoms with E-state index in [2.05, 4.69) is 0 Å². The lowest BCUT2D eigenvalue weighted by Crippen LogP contribution is -2.50. The van der Waals surface area contributed by atoms with Gasteiger partial charge in [0.05, 0.1) is 6.42 Å². The monoisotopic (exact) mass is 309 g/mol. The average molecular weight is 309 g/mol. The lowest BCUT2D eigenvalue weighted by molar-refractivity contribution is -0.169. The molecule has 124 valence electrons. The van der Waals surface area contributed by atoms with Gasteiger partial charge in [0.15, 0.2) is 6.04 Å². The fourth-order valence-corrected chi connectivity index (χ4v) is 1.35. The van der Waals surface area contributed by atoms with Crippen LogP contribution in [0.15, 0.2) is 0 Å². The molecule has 0 rings (SSSR count). The van der Waals surface area contributed by atoms with Gasteiger partial charge in [0.25, 0.3) is 5.92 Å². The van der Waals surface area contributed by atoms with Gasteiger partial charge in [-0.3, -0.25) is 9.59 Å². The molecule has 0 radical (unpaired) electrons. The number of carbonyl (C=O) groups is 2. The summed E-state index contributed by atoms with van der Waals surface area (Å²) in [6.07, 6.45) is -1.40. The molecule has 0 saturated carbocycles. The van der Waals surface area contributed by atoms with Crippen molar-refractivity contribution >= 4 is 11.9 Å². The van der Waals surface area contributed by atoms with Crippen molar-refractivity contribution in [3.63, 3.8) is 0 Å². The SMILES string of the molecule is CC(C)(C)OC(=O)CCC(F)(F)C(N)C(=O)OC(C)(C)C. The lowest BCUT2D eigenvalue weighted by atomic mass is 10.0. The Morgan fingerprint density at radius 2 is 1.43 bits per heavy atom. The second-order valence-corrected chi connectivity index (χ2v) is 6.86. The fourth-order valence-electron chi connectivity index (χ4n) is 1.35. The molecule has 0 aliphatic heterocycles. The molecule has 0 aliphatic rings. The van der Waals surface area contributed by atoms with Crippen LogP contribution in [0.2, 0.25) is 0 Å². The second-order valence-electron chi connectivity index (χ2n) is 6.86. The van der Waals surface area contributed by atoms with Crippen molar-refractivity contribution in [2.24, 2.45) is 5.73 Å². The van der Waals surface area contributed by atoms with Crippen molar-refractivity contribution in [2.75, 3.05) is 0 Å². The minimum atomic E-state index is -3.54. The highest BCUT2D eigenvalue weighted by molar-refractivity contribution is 5.77. The minimum absolute atomic E-state index is 0.527. The molecule has 0 aliphatic carbocycles. The van der Waals surface area contributed by atoms with Crippen LogP contribution in [0.4, 0.5) is 8.78 Å². The molecule has 2 N–H and O–H groups in total. The number of carbonyl (C=O) groups excluding carboxylic acids is 2. The van der Waals surface area contributed by atoms with Crippen LogP contribution < -0.4 is 5.73 Å². The van der Waals surface area contributed by atoms with Gasteiger partial charge in [-0.05, 0) is 41.5 Å². The van der Waals surface area contributed by atoms with E-state index in [4.69, 9.17) is 15.2 Å². The Bertz CT molecular complexity index is 383. The minimum Gasteiger partial charge on any atom is -0.460 e. The molecule has 21 heavy (non-hydrogen) atoms. The summed E-state index contributed by atoms with van der Waals surface area (Å²) >= 11 is 0. The number of ether oxygens (including phenoxy) is 2. The first-order valence-electron chi connectivity index (χ1n) is 6.72. The summed E-state index contributed by atoms with van der Waals surface area (Å²) < 4.78 is 37.3. The number of nitrogens with two attached hydrogens (primary N) is 1. The molecule has 7 heteroatoms. The Balaban J connectivity index is 4.54. The van der Waals surface area contributed by atoms with E-state index in [0.717, 1.165) is 0 Å². The van der Waals surface area contributed by atoms with Crippen LogP contribution in [0.25, 0.3) is 0 Å². The fraction of sp³-hybridized carbons (Fsp3) is 0.857. The molecule has 0 saturated heterocycles. The zero-order chi connectivity index (χ0) is 17.1. The highest BCUT2D eigenvalue weighted by Gasteiger charge is 2.44. The lowest BCUT2D eigenvalue weighted by Gasteiger charge is -2.27. The van der Waals surface area contributed by atoms with Crippen molar-refractivity contribution in [1.29, 1.82) is 0 Å². The Labute approximate surface area is 124 Å². The highest BCUT2D eigenvalue weighted by atomic mass is 19.3. The van der Waals surface area contributed by atoms with Crippen LogP contribution in [0.3, 0.4) is 0 Å². The maximum atomic E-state index is 13.8. The van der Waals surface area contributed by atoms with Crippen molar-refractivity contribution in [2.45, 2.75) is 77.6 Å². The molecule has 0 bridgehead atoms. The maximum absolute atomic E-state index is 13.8. The molecule has 0 aromatic heterocycles. The third-order valence-electron chi connectivity index (χ3n) is 2.20. The normalized spacial score (nSPS) is 14.5. The summed E-state index contributed by atoms with van der Waals surface area (Å²) in [7, 11) is 0.